The molecule has 0 aliphatic heterocycles. The van der Waals surface area contributed by atoms with E-state index in [1.54, 1.807) is 0 Å². The van der Waals surface area contributed by atoms with Gasteiger partial charge in [-0.2, -0.15) is 13.2 Å². The van der Waals surface area contributed by atoms with E-state index in [9.17, 15) is 13.2 Å². The molecule has 62 valence electrons. The number of halogens is 4. The van der Waals surface area contributed by atoms with Crippen molar-refractivity contribution in [3.63, 3.8) is 0 Å². The molecule has 1 heterocycles. The zero-order valence-electron chi connectivity index (χ0n) is 5.46. The van der Waals surface area contributed by atoms with Crippen LogP contribution in [0.4, 0.5) is 13.2 Å². The van der Waals surface area contributed by atoms with Gasteiger partial charge in [-0.25, -0.2) is 4.98 Å². The van der Waals surface area contributed by atoms with Gasteiger partial charge in [-0.1, -0.05) is 0 Å². The number of H-pyrrole nitrogens is 1. The fourth-order valence-corrected chi connectivity index (χ4v) is 1.24. The van der Waals surface area contributed by atoms with Crippen LogP contribution in [0.15, 0.2) is 4.60 Å². The Kier molecular flexibility index (Phi) is 1.96. The number of nitrogens with one attached hydrogen (secondary N) is 1. The summed E-state index contributed by atoms with van der Waals surface area (Å²) in [7, 11) is 0. The molecule has 0 fully saturated rings. The molecule has 0 aromatic carbocycles. The molecule has 0 unspecified atom stereocenters. The normalized spacial score (nSPS) is 12.1. The van der Waals surface area contributed by atoms with E-state index < -0.39 is 11.9 Å². The molecule has 0 atom stereocenters. The van der Waals surface area contributed by atoms with E-state index in [1.165, 1.54) is 6.92 Å². The van der Waals surface area contributed by atoms with Crippen molar-refractivity contribution in [1.29, 1.82) is 0 Å². The van der Waals surface area contributed by atoms with Crippen molar-refractivity contribution in [2.24, 2.45) is 0 Å². The topological polar surface area (TPSA) is 28.7 Å². The SMILES string of the molecule is Cc1nc(Br)c(C(F)(F)F)[nH]1. The van der Waals surface area contributed by atoms with Gasteiger partial charge < -0.3 is 4.98 Å². The second-order valence-electron chi connectivity index (χ2n) is 1.99. The van der Waals surface area contributed by atoms with Crippen LogP contribution in [0.1, 0.15) is 11.5 Å². The molecule has 0 spiro atoms. The second kappa shape index (κ2) is 2.51. The molecule has 0 saturated carbocycles. The Labute approximate surface area is 69.0 Å². The quantitative estimate of drug-likeness (QED) is 0.727. The van der Waals surface area contributed by atoms with Crippen LogP contribution in [0, 0.1) is 6.92 Å². The summed E-state index contributed by atoms with van der Waals surface area (Å²) in [5, 5.41) is 0. The van der Waals surface area contributed by atoms with Gasteiger partial charge in [0.15, 0.2) is 5.69 Å². The molecule has 2 nitrogen and oxygen atoms in total. The molecule has 11 heavy (non-hydrogen) atoms. The Morgan fingerprint density at radius 1 is 1.45 bits per heavy atom. The minimum Gasteiger partial charge on any atom is -0.338 e. The lowest BCUT2D eigenvalue weighted by Gasteiger charge is -2.01. The molecule has 1 aromatic rings. The van der Waals surface area contributed by atoms with Crippen molar-refractivity contribution in [2.45, 2.75) is 13.1 Å². The third-order valence-corrected chi connectivity index (χ3v) is 1.64. The summed E-state index contributed by atoms with van der Waals surface area (Å²) in [5.41, 5.74) is -0.838. The Hall–Kier alpha value is -0.520. The number of alkyl halides is 3. The van der Waals surface area contributed by atoms with Crippen LogP contribution in [-0.4, -0.2) is 9.97 Å². The van der Waals surface area contributed by atoms with Crippen LogP contribution in [0.25, 0.3) is 0 Å². The van der Waals surface area contributed by atoms with Crippen molar-refractivity contribution in [1.82, 2.24) is 9.97 Å². The molecule has 1 aromatic heterocycles. The number of nitrogens with zero attached hydrogens (tertiary/aromatic N) is 1. The fourth-order valence-electron chi connectivity index (χ4n) is 0.651. The number of hydrogen-bond donors (Lipinski definition) is 1. The van der Waals surface area contributed by atoms with Gasteiger partial charge in [-0.15, -0.1) is 0 Å². The van der Waals surface area contributed by atoms with Gasteiger partial charge >= 0.3 is 6.18 Å². The highest BCUT2D eigenvalue weighted by molar-refractivity contribution is 9.10. The van der Waals surface area contributed by atoms with Gasteiger partial charge in [0.1, 0.15) is 10.4 Å². The average Bonchev–Trinajstić information content (AvgIpc) is 2.08. The molecule has 1 rings (SSSR count). The summed E-state index contributed by atoms with van der Waals surface area (Å²) in [6, 6.07) is 0. The van der Waals surface area contributed by atoms with Crippen molar-refractivity contribution in [3.8, 4) is 0 Å². The first kappa shape index (κ1) is 8.58. The zero-order chi connectivity index (χ0) is 8.65. The third kappa shape index (κ3) is 1.74. The molecule has 0 amide bonds. The summed E-state index contributed by atoms with van der Waals surface area (Å²) in [4.78, 5) is 5.62. The zero-order valence-corrected chi connectivity index (χ0v) is 7.05. The van der Waals surface area contributed by atoms with Crippen LogP contribution in [-0.2, 0) is 6.18 Å². The fraction of sp³-hybridized carbons (Fsp3) is 0.400. The maximum Gasteiger partial charge on any atom is 0.433 e. The van der Waals surface area contributed by atoms with E-state index in [0.717, 1.165) is 0 Å². The van der Waals surface area contributed by atoms with Crippen LogP contribution < -0.4 is 0 Å². The Bertz CT molecular complexity index is 265. The van der Waals surface area contributed by atoms with Crippen molar-refractivity contribution < 1.29 is 13.2 Å². The number of rotatable bonds is 0. The highest BCUT2D eigenvalue weighted by Crippen LogP contribution is 2.32. The van der Waals surface area contributed by atoms with Gasteiger partial charge in [0.2, 0.25) is 0 Å². The molecule has 1 N–H and O–H groups in total. The van der Waals surface area contributed by atoms with Gasteiger partial charge in [0.05, 0.1) is 0 Å². The van der Waals surface area contributed by atoms with E-state index in [0.29, 0.717) is 0 Å². The summed E-state index contributed by atoms with van der Waals surface area (Å²) in [5.74, 6) is 0.240. The number of imidazole rings is 1. The summed E-state index contributed by atoms with van der Waals surface area (Å²) >= 11 is 2.69. The summed E-state index contributed by atoms with van der Waals surface area (Å²) < 4.78 is 35.7. The van der Waals surface area contributed by atoms with Crippen LogP contribution in [0.3, 0.4) is 0 Å². The standard InChI is InChI=1S/C5H4BrF3N2/c1-2-10-3(4(6)11-2)5(7,8)9/h1H3,(H,10,11). The predicted octanol–water partition coefficient (Wildman–Crippen LogP) is 2.50. The van der Waals surface area contributed by atoms with E-state index in [2.05, 4.69) is 25.9 Å². The first-order valence-corrected chi connectivity index (χ1v) is 3.50. The first-order valence-electron chi connectivity index (χ1n) is 2.70. The monoisotopic (exact) mass is 228 g/mol. The smallest absolute Gasteiger partial charge is 0.338 e. The highest BCUT2D eigenvalue weighted by atomic mass is 79.9. The molecule has 0 aliphatic carbocycles. The number of aromatic nitrogens is 2. The molecular formula is C5H4BrF3N2. The van der Waals surface area contributed by atoms with Crippen LogP contribution in [0.2, 0.25) is 0 Å². The van der Waals surface area contributed by atoms with Gasteiger partial charge in [-0.05, 0) is 22.9 Å². The molecule has 0 bridgehead atoms. The van der Waals surface area contributed by atoms with Crippen molar-refractivity contribution >= 4 is 15.9 Å². The Balaban J connectivity index is 3.13. The van der Waals surface area contributed by atoms with E-state index >= 15 is 0 Å². The van der Waals surface area contributed by atoms with E-state index in [4.69, 9.17) is 0 Å². The molecule has 0 radical (unpaired) electrons. The number of aryl methyl sites for hydroxylation is 1. The van der Waals surface area contributed by atoms with Crippen molar-refractivity contribution in [3.05, 3.63) is 16.1 Å². The van der Waals surface area contributed by atoms with E-state index in [1.807, 2.05) is 0 Å². The van der Waals surface area contributed by atoms with E-state index in [-0.39, 0.29) is 10.4 Å². The van der Waals surface area contributed by atoms with Gasteiger partial charge in [-0.3, -0.25) is 0 Å². The highest BCUT2D eigenvalue weighted by Gasteiger charge is 2.35. The Morgan fingerprint density at radius 3 is 2.18 bits per heavy atom. The maximum absolute atomic E-state index is 12.0. The lowest BCUT2D eigenvalue weighted by atomic mass is 10.5. The molecule has 0 aliphatic rings. The van der Waals surface area contributed by atoms with Crippen LogP contribution >= 0.6 is 15.9 Å². The second-order valence-corrected chi connectivity index (χ2v) is 2.74. The predicted molar refractivity (Wildman–Crippen MR) is 36.0 cm³/mol. The Morgan fingerprint density at radius 2 is 2.00 bits per heavy atom. The van der Waals surface area contributed by atoms with Gasteiger partial charge in [0, 0.05) is 0 Å². The third-order valence-electron chi connectivity index (χ3n) is 1.06. The van der Waals surface area contributed by atoms with Crippen LogP contribution in [0.5, 0.6) is 0 Å². The summed E-state index contributed by atoms with van der Waals surface area (Å²) in [6.07, 6.45) is -4.36. The number of hydrogen-bond acceptors (Lipinski definition) is 1. The lowest BCUT2D eigenvalue weighted by molar-refractivity contribution is -0.141. The minimum absolute atomic E-state index is 0.192. The number of aromatic amines is 1. The summed E-state index contributed by atoms with van der Waals surface area (Å²) in [6.45, 7) is 1.46. The molecule has 0 saturated heterocycles. The maximum atomic E-state index is 12.0. The average molecular weight is 229 g/mol. The minimum atomic E-state index is -4.36. The van der Waals surface area contributed by atoms with Gasteiger partial charge in [0.25, 0.3) is 0 Å². The van der Waals surface area contributed by atoms with Crippen molar-refractivity contribution in [2.75, 3.05) is 0 Å². The molecule has 6 heteroatoms. The lowest BCUT2D eigenvalue weighted by Crippen LogP contribution is -2.06. The largest absolute Gasteiger partial charge is 0.433 e. The first-order chi connectivity index (χ1) is 4.91. The molecular weight excluding hydrogens is 225 g/mol.